The number of fused-ring (bicyclic) bond motifs is 1. The summed E-state index contributed by atoms with van der Waals surface area (Å²) in [6.07, 6.45) is -1.22. The predicted molar refractivity (Wildman–Crippen MR) is 132 cm³/mol. The zero-order valence-electron chi connectivity index (χ0n) is 21.0. The summed E-state index contributed by atoms with van der Waals surface area (Å²) in [5.41, 5.74) is 1.08. The van der Waals surface area contributed by atoms with Crippen molar-refractivity contribution in [2.24, 2.45) is 0 Å². The number of anilines is 1. The van der Waals surface area contributed by atoms with Gasteiger partial charge >= 0.3 is 5.97 Å². The number of hydrogen-bond acceptors (Lipinski definition) is 11. The topological polar surface area (TPSA) is 164 Å². The van der Waals surface area contributed by atoms with E-state index in [1.165, 1.54) is 19.6 Å². The Bertz CT molecular complexity index is 1270. The summed E-state index contributed by atoms with van der Waals surface area (Å²) in [5.74, 6) is -0.871. The maximum atomic E-state index is 12.7. The number of carbonyl (C=O) groups is 3. The molecule has 202 valence electrons. The third-order valence-electron chi connectivity index (χ3n) is 5.85. The number of carbonyl (C=O) groups excluding carboxylic acids is 3. The highest BCUT2D eigenvalue weighted by Gasteiger charge is 2.47. The van der Waals surface area contributed by atoms with Crippen LogP contribution in [0.4, 0.5) is 5.82 Å². The van der Waals surface area contributed by atoms with E-state index in [0.717, 1.165) is 0 Å². The largest absolute Gasteiger partial charge is 0.463 e. The van der Waals surface area contributed by atoms with E-state index < -0.39 is 30.5 Å². The molecular weight excluding hydrogens is 498 g/mol. The summed E-state index contributed by atoms with van der Waals surface area (Å²) < 4.78 is 23.9. The van der Waals surface area contributed by atoms with Gasteiger partial charge in [0.05, 0.1) is 12.7 Å². The van der Waals surface area contributed by atoms with E-state index in [0.29, 0.717) is 23.3 Å². The standard InChI is InChI=1S/C25H29N5O8/c1-3-35-14-37-21-20(33)17(11-36-18(32)10-9-15(2)31)38-25(21)30-13-28-19-22(26-12-27-23(19)30)29-24(34)16-7-5-4-6-8-16/h4-8,12-13,17,20-21,25,33H,3,9-11,14H2,1-2H3,(H,26,27,29,34)/t17-,20-,21-,25-/m1/s1. The maximum Gasteiger partial charge on any atom is 0.306 e. The number of aromatic nitrogens is 4. The molecule has 1 aliphatic rings. The zero-order chi connectivity index (χ0) is 27.1. The summed E-state index contributed by atoms with van der Waals surface area (Å²) in [7, 11) is 0. The smallest absolute Gasteiger partial charge is 0.306 e. The molecule has 13 heteroatoms. The fraction of sp³-hybridized carbons (Fsp3) is 0.440. The number of aliphatic hydroxyl groups excluding tert-OH is 1. The van der Waals surface area contributed by atoms with Gasteiger partial charge in [0, 0.05) is 18.6 Å². The van der Waals surface area contributed by atoms with Crippen molar-refractivity contribution in [1.29, 1.82) is 0 Å². The lowest BCUT2D eigenvalue weighted by atomic mass is 10.1. The van der Waals surface area contributed by atoms with E-state index in [2.05, 4.69) is 20.3 Å². The van der Waals surface area contributed by atoms with E-state index in [1.807, 2.05) is 6.07 Å². The molecular formula is C25H29N5O8. The Morgan fingerprint density at radius 2 is 1.92 bits per heavy atom. The van der Waals surface area contributed by atoms with Crippen LogP contribution in [0.25, 0.3) is 11.2 Å². The number of nitrogens with one attached hydrogen (secondary N) is 1. The molecule has 1 fully saturated rings. The minimum absolute atomic E-state index is 0.0631. The van der Waals surface area contributed by atoms with Crippen LogP contribution in [0.3, 0.4) is 0 Å². The second kappa shape index (κ2) is 12.6. The van der Waals surface area contributed by atoms with Crippen LogP contribution in [-0.4, -0.2) is 80.6 Å². The Kier molecular flexibility index (Phi) is 9.07. The van der Waals surface area contributed by atoms with Gasteiger partial charge in [-0.1, -0.05) is 18.2 Å². The van der Waals surface area contributed by atoms with Crippen molar-refractivity contribution in [3.63, 3.8) is 0 Å². The molecule has 1 saturated heterocycles. The van der Waals surface area contributed by atoms with Crippen molar-refractivity contribution in [3.8, 4) is 0 Å². The number of amides is 1. The van der Waals surface area contributed by atoms with E-state index in [-0.39, 0.29) is 43.7 Å². The van der Waals surface area contributed by atoms with Crippen LogP contribution in [0, 0.1) is 0 Å². The van der Waals surface area contributed by atoms with Gasteiger partial charge in [-0.15, -0.1) is 0 Å². The molecule has 0 spiro atoms. The number of hydrogen-bond donors (Lipinski definition) is 2. The molecule has 2 aromatic heterocycles. The normalized spacial score (nSPS) is 20.9. The van der Waals surface area contributed by atoms with Crippen LogP contribution in [0.15, 0.2) is 43.0 Å². The molecule has 0 aliphatic carbocycles. The molecule has 4 rings (SSSR count). The monoisotopic (exact) mass is 527 g/mol. The molecule has 0 unspecified atom stereocenters. The average Bonchev–Trinajstić information content (AvgIpc) is 3.48. The number of nitrogens with zero attached hydrogens (tertiary/aromatic N) is 4. The number of imidazole rings is 1. The third-order valence-corrected chi connectivity index (χ3v) is 5.85. The summed E-state index contributed by atoms with van der Waals surface area (Å²) in [4.78, 5) is 48.6. The van der Waals surface area contributed by atoms with Crippen molar-refractivity contribution in [2.45, 2.75) is 51.2 Å². The van der Waals surface area contributed by atoms with Gasteiger partial charge in [-0.2, -0.15) is 0 Å². The van der Waals surface area contributed by atoms with Gasteiger partial charge in [-0.05, 0) is 26.0 Å². The fourth-order valence-corrected chi connectivity index (χ4v) is 3.89. The molecule has 13 nitrogen and oxygen atoms in total. The summed E-state index contributed by atoms with van der Waals surface area (Å²) in [6, 6.07) is 8.66. The first-order chi connectivity index (χ1) is 18.4. The zero-order valence-corrected chi connectivity index (χ0v) is 21.0. The number of rotatable bonds is 12. The van der Waals surface area contributed by atoms with Crippen molar-refractivity contribution in [1.82, 2.24) is 19.5 Å². The summed E-state index contributed by atoms with van der Waals surface area (Å²) >= 11 is 0. The first-order valence-corrected chi connectivity index (χ1v) is 12.1. The lowest BCUT2D eigenvalue weighted by molar-refractivity contribution is -0.151. The van der Waals surface area contributed by atoms with Gasteiger partial charge in [0.25, 0.3) is 5.91 Å². The van der Waals surface area contributed by atoms with Crippen LogP contribution in [-0.2, 0) is 28.5 Å². The minimum Gasteiger partial charge on any atom is -0.463 e. The fourth-order valence-electron chi connectivity index (χ4n) is 3.89. The average molecular weight is 528 g/mol. The lowest BCUT2D eigenvalue weighted by Gasteiger charge is -2.21. The number of ether oxygens (including phenoxy) is 4. The molecule has 1 aliphatic heterocycles. The van der Waals surface area contributed by atoms with Gasteiger partial charge in [-0.25, -0.2) is 15.0 Å². The van der Waals surface area contributed by atoms with Gasteiger partial charge in [0.2, 0.25) is 0 Å². The van der Waals surface area contributed by atoms with Gasteiger partial charge in [-0.3, -0.25) is 14.2 Å². The summed E-state index contributed by atoms with van der Waals surface area (Å²) in [5, 5.41) is 13.7. The van der Waals surface area contributed by atoms with Crippen LogP contribution in [0.2, 0.25) is 0 Å². The third kappa shape index (κ3) is 6.37. The Morgan fingerprint density at radius 1 is 1.13 bits per heavy atom. The molecule has 1 amide bonds. The lowest BCUT2D eigenvalue weighted by Crippen LogP contribution is -2.36. The number of ketones is 1. The number of aliphatic hydroxyl groups is 1. The molecule has 2 N–H and O–H groups in total. The molecule has 4 atom stereocenters. The van der Waals surface area contributed by atoms with Crippen LogP contribution < -0.4 is 5.32 Å². The molecule has 0 radical (unpaired) electrons. The van der Waals surface area contributed by atoms with Crippen molar-refractivity contribution < 1.29 is 38.4 Å². The molecule has 38 heavy (non-hydrogen) atoms. The van der Waals surface area contributed by atoms with E-state index in [9.17, 15) is 19.5 Å². The minimum atomic E-state index is -1.18. The van der Waals surface area contributed by atoms with E-state index >= 15 is 0 Å². The van der Waals surface area contributed by atoms with Crippen LogP contribution >= 0.6 is 0 Å². The number of esters is 1. The summed E-state index contributed by atoms with van der Waals surface area (Å²) in [6.45, 7) is 3.24. The Labute approximate surface area is 218 Å². The van der Waals surface area contributed by atoms with Crippen molar-refractivity contribution in [2.75, 3.05) is 25.3 Å². The Balaban J connectivity index is 1.54. The first-order valence-electron chi connectivity index (χ1n) is 12.1. The second-order valence-corrected chi connectivity index (χ2v) is 8.55. The van der Waals surface area contributed by atoms with Crippen LogP contribution in [0.1, 0.15) is 43.3 Å². The number of benzene rings is 1. The molecule has 3 aromatic rings. The Morgan fingerprint density at radius 3 is 2.66 bits per heavy atom. The Hall–Kier alpha value is -3.78. The second-order valence-electron chi connectivity index (χ2n) is 8.55. The van der Waals surface area contributed by atoms with Crippen molar-refractivity contribution >= 4 is 34.6 Å². The molecule has 1 aromatic carbocycles. The molecule has 0 bridgehead atoms. The van der Waals surface area contributed by atoms with E-state index in [4.69, 9.17) is 18.9 Å². The number of Topliss-reactive ketones (excluding diaryl/α,β-unsaturated/α-hetero) is 1. The first kappa shape index (κ1) is 27.3. The van der Waals surface area contributed by atoms with Crippen molar-refractivity contribution in [3.05, 3.63) is 48.5 Å². The highest BCUT2D eigenvalue weighted by molar-refractivity contribution is 6.06. The predicted octanol–water partition coefficient (Wildman–Crippen LogP) is 1.63. The quantitative estimate of drug-likeness (QED) is 0.200. The highest BCUT2D eigenvalue weighted by Crippen LogP contribution is 2.34. The van der Waals surface area contributed by atoms with Gasteiger partial charge in [0.1, 0.15) is 43.8 Å². The maximum absolute atomic E-state index is 12.7. The van der Waals surface area contributed by atoms with Crippen LogP contribution in [0.5, 0.6) is 0 Å². The molecule has 0 saturated carbocycles. The molecule has 3 heterocycles. The van der Waals surface area contributed by atoms with Gasteiger partial charge < -0.3 is 34.2 Å². The van der Waals surface area contributed by atoms with Gasteiger partial charge in [0.15, 0.2) is 23.2 Å². The SMILES string of the molecule is CCOCO[C@@H]1[C@H](O)[C@@H](COC(=O)CCC(C)=O)O[C@H]1n1cnc2c(NC(=O)c3ccccc3)ncnc21. The van der Waals surface area contributed by atoms with E-state index in [1.54, 1.807) is 35.8 Å². The highest BCUT2D eigenvalue weighted by atomic mass is 16.7.